The summed E-state index contributed by atoms with van der Waals surface area (Å²) in [5, 5.41) is 0.669. The molecule has 0 bridgehead atoms. The molecule has 1 aliphatic heterocycles. The van der Waals surface area contributed by atoms with Crippen LogP contribution in [0, 0.1) is 0 Å². The summed E-state index contributed by atoms with van der Waals surface area (Å²) < 4.78 is 17.6. The van der Waals surface area contributed by atoms with E-state index in [1.807, 2.05) is 37.3 Å². The van der Waals surface area contributed by atoms with Crippen LogP contribution in [0.25, 0.3) is 10.2 Å². The lowest BCUT2D eigenvalue weighted by Crippen LogP contribution is -2.37. The molecule has 1 saturated heterocycles. The highest BCUT2D eigenvalue weighted by atomic mass is 32.1. The molecule has 0 spiro atoms. The molecule has 6 nitrogen and oxygen atoms in total. The highest BCUT2D eigenvalue weighted by Crippen LogP contribution is 2.33. The highest BCUT2D eigenvalue weighted by Gasteiger charge is 2.27. The number of benzene rings is 2. The first-order valence-electron chi connectivity index (χ1n) is 9.79. The molecule has 152 valence electrons. The van der Waals surface area contributed by atoms with Crippen molar-refractivity contribution in [2.24, 2.45) is 0 Å². The van der Waals surface area contributed by atoms with E-state index in [0.29, 0.717) is 23.8 Å². The molecule has 0 N–H and O–H groups in total. The second kappa shape index (κ2) is 8.80. The monoisotopic (exact) mass is 412 g/mol. The average Bonchev–Trinajstić information content (AvgIpc) is 3.41. The van der Waals surface area contributed by atoms with Gasteiger partial charge in [0.05, 0.1) is 36.6 Å². The number of fused-ring (bicyclic) bond motifs is 1. The summed E-state index contributed by atoms with van der Waals surface area (Å²) >= 11 is 1.49. The molecule has 1 unspecified atom stereocenters. The lowest BCUT2D eigenvalue weighted by atomic mass is 10.1. The Morgan fingerprint density at radius 2 is 2.03 bits per heavy atom. The highest BCUT2D eigenvalue weighted by molar-refractivity contribution is 7.22. The minimum absolute atomic E-state index is 0.0307. The third kappa shape index (κ3) is 4.36. The summed E-state index contributed by atoms with van der Waals surface area (Å²) in [5.41, 5.74) is 1.45. The number of methoxy groups -OCH3 is 1. The maximum absolute atomic E-state index is 13.4. The maximum Gasteiger partial charge on any atom is 0.260 e. The van der Waals surface area contributed by atoms with E-state index in [-0.39, 0.29) is 12.0 Å². The Labute approximate surface area is 174 Å². The number of nitrogens with zero attached hydrogens (tertiary/aromatic N) is 2. The number of hydrogen-bond acceptors (Lipinski definition) is 6. The number of amides is 1. The quantitative estimate of drug-likeness (QED) is 0.571. The van der Waals surface area contributed by atoms with Crippen molar-refractivity contribution in [3.8, 4) is 11.5 Å². The van der Waals surface area contributed by atoms with Gasteiger partial charge in [-0.3, -0.25) is 9.69 Å². The smallest absolute Gasteiger partial charge is 0.260 e. The number of thiazole rings is 1. The summed E-state index contributed by atoms with van der Waals surface area (Å²) in [6.07, 6.45) is 2.00. The molecule has 1 atom stereocenters. The van der Waals surface area contributed by atoms with E-state index in [1.165, 1.54) is 11.3 Å². The van der Waals surface area contributed by atoms with Crippen molar-refractivity contribution in [3.63, 3.8) is 0 Å². The predicted molar refractivity (Wildman–Crippen MR) is 114 cm³/mol. The van der Waals surface area contributed by atoms with Crippen molar-refractivity contribution in [1.82, 2.24) is 4.98 Å². The van der Waals surface area contributed by atoms with Crippen LogP contribution in [0.5, 0.6) is 11.5 Å². The number of ether oxygens (including phenoxy) is 3. The molecule has 29 heavy (non-hydrogen) atoms. The van der Waals surface area contributed by atoms with Crippen LogP contribution >= 0.6 is 11.3 Å². The van der Waals surface area contributed by atoms with Crippen molar-refractivity contribution >= 4 is 32.6 Å². The first kappa shape index (κ1) is 19.7. The summed E-state index contributed by atoms with van der Waals surface area (Å²) in [7, 11) is 1.64. The van der Waals surface area contributed by atoms with Gasteiger partial charge >= 0.3 is 0 Å². The molecule has 0 aliphatic carbocycles. The maximum atomic E-state index is 13.4. The molecule has 3 aromatic rings. The van der Waals surface area contributed by atoms with Crippen LogP contribution < -0.4 is 14.4 Å². The number of rotatable bonds is 7. The molecule has 0 saturated carbocycles. The van der Waals surface area contributed by atoms with Gasteiger partial charge in [0.25, 0.3) is 5.91 Å². The fraction of sp³-hybridized carbons (Fsp3) is 0.364. The molecular formula is C22H24N2O4S. The molecule has 1 aromatic heterocycles. The molecule has 4 rings (SSSR count). The van der Waals surface area contributed by atoms with Crippen molar-refractivity contribution in [3.05, 3.63) is 48.0 Å². The molecule has 1 amide bonds. The Kier molecular flexibility index (Phi) is 5.97. The molecule has 2 aromatic carbocycles. The van der Waals surface area contributed by atoms with E-state index in [9.17, 15) is 4.79 Å². The topological polar surface area (TPSA) is 60.9 Å². The SMILES string of the molecule is CCOc1ccc(C(=O)N(CC2CCCO2)c2nc3ccc(OC)cc3s2)cc1. The van der Waals surface area contributed by atoms with E-state index < -0.39 is 0 Å². The zero-order valence-electron chi connectivity index (χ0n) is 16.6. The first-order chi connectivity index (χ1) is 14.2. The largest absolute Gasteiger partial charge is 0.497 e. The fourth-order valence-corrected chi connectivity index (χ4v) is 4.39. The molecular weight excluding hydrogens is 388 g/mol. The van der Waals surface area contributed by atoms with Gasteiger partial charge in [-0.25, -0.2) is 4.98 Å². The van der Waals surface area contributed by atoms with Gasteiger partial charge in [-0.1, -0.05) is 11.3 Å². The minimum Gasteiger partial charge on any atom is -0.497 e. The first-order valence-corrected chi connectivity index (χ1v) is 10.6. The van der Waals surface area contributed by atoms with Crippen LogP contribution in [0.2, 0.25) is 0 Å². The molecule has 7 heteroatoms. The van der Waals surface area contributed by atoms with Gasteiger partial charge in [0.15, 0.2) is 5.13 Å². The van der Waals surface area contributed by atoms with Gasteiger partial charge in [-0.05, 0) is 62.2 Å². The second-order valence-corrected chi connectivity index (χ2v) is 7.85. The Hall–Kier alpha value is -2.64. The zero-order valence-corrected chi connectivity index (χ0v) is 17.4. The third-order valence-corrected chi connectivity index (χ3v) is 5.92. The third-order valence-electron chi connectivity index (χ3n) is 4.88. The van der Waals surface area contributed by atoms with Crippen molar-refractivity contribution in [2.45, 2.75) is 25.9 Å². The van der Waals surface area contributed by atoms with Gasteiger partial charge in [0.2, 0.25) is 0 Å². The standard InChI is InChI=1S/C22H24N2O4S/c1-3-27-16-8-6-15(7-9-16)21(25)24(14-18-5-4-12-28-18)22-23-19-11-10-17(26-2)13-20(19)29-22/h6-11,13,18H,3-5,12,14H2,1-2H3. The second-order valence-electron chi connectivity index (χ2n) is 6.84. The van der Waals surface area contributed by atoms with Gasteiger partial charge in [-0.2, -0.15) is 0 Å². The summed E-state index contributed by atoms with van der Waals surface area (Å²) in [5.74, 6) is 1.44. The van der Waals surface area contributed by atoms with Crippen LogP contribution in [-0.2, 0) is 4.74 Å². The van der Waals surface area contributed by atoms with Gasteiger partial charge in [-0.15, -0.1) is 0 Å². The Bertz CT molecular complexity index is 980. The number of hydrogen-bond donors (Lipinski definition) is 0. The Morgan fingerprint density at radius 3 is 2.72 bits per heavy atom. The lowest BCUT2D eigenvalue weighted by molar-refractivity contribution is 0.0917. The van der Waals surface area contributed by atoms with E-state index in [0.717, 1.165) is 41.2 Å². The van der Waals surface area contributed by atoms with Gasteiger partial charge < -0.3 is 14.2 Å². The van der Waals surface area contributed by atoms with Crippen molar-refractivity contribution in [1.29, 1.82) is 0 Å². The average molecular weight is 413 g/mol. The molecule has 2 heterocycles. The Morgan fingerprint density at radius 1 is 1.24 bits per heavy atom. The molecule has 1 aliphatic rings. The van der Waals surface area contributed by atoms with E-state index in [4.69, 9.17) is 19.2 Å². The Balaban J connectivity index is 1.66. The number of carbonyl (C=O) groups is 1. The van der Waals surface area contributed by atoms with Crippen molar-refractivity contribution in [2.75, 3.05) is 31.8 Å². The van der Waals surface area contributed by atoms with Crippen LogP contribution in [-0.4, -0.2) is 43.9 Å². The lowest BCUT2D eigenvalue weighted by Gasteiger charge is -2.23. The molecule has 0 radical (unpaired) electrons. The van der Waals surface area contributed by atoms with Crippen LogP contribution in [0.1, 0.15) is 30.1 Å². The fourth-order valence-electron chi connectivity index (χ4n) is 3.39. The predicted octanol–water partition coefficient (Wildman–Crippen LogP) is 4.53. The van der Waals surface area contributed by atoms with Crippen LogP contribution in [0.15, 0.2) is 42.5 Å². The van der Waals surface area contributed by atoms with Gasteiger partial charge in [0.1, 0.15) is 11.5 Å². The number of anilines is 1. The summed E-state index contributed by atoms with van der Waals surface area (Å²) in [4.78, 5) is 19.8. The zero-order chi connectivity index (χ0) is 20.2. The molecule has 1 fully saturated rings. The normalized spacial score (nSPS) is 16.1. The van der Waals surface area contributed by atoms with Crippen LogP contribution in [0.4, 0.5) is 5.13 Å². The van der Waals surface area contributed by atoms with Gasteiger partial charge in [0, 0.05) is 12.2 Å². The van der Waals surface area contributed by atoms with E-state index in [2.05, 4.69) is 0 Å². The van der Waals surface area contributed by atoms with Crippen molar-refractivity contribution < 1.29 is 19.0 Å². The summed E-state index contributed by atoms with van der Waals surface area (Å²) in [6, 6.07) is 13.0. The minimum atomic E-state index is -0.0884. The summed E-state index contributed by atoms with van der Waals surface area (Å²) in [6.45, 7) is 3.76. The van der Waals surface area contributed by atoms with E-state index >= 15 is 0 Å². The number of aromatic nitrogens is 1. The van der Waals surface area contributed by atoms with Crippen LogP contribution in [0.3, 0.4) is 0 Å². The number of carbonyl (C=O) groups excluding carboxylic acids is 1. The van der Waals surface area contributed by atoms with E-state index in [1.54, 1.807) is 24.1 Å².